The fraction of sp³-hybridized carbons (Fsp3) is 0.400. The molecule has 1 fully saturated rings. The molecule has 0 radical (unpaired) electrons. The highest BCUT2D eigenvalue weighted by atomic mass is 16.2. The number of hydrogen-bond acceptors (Lipinski definition) is 3. The molecule has 1 aliphatic heterocycles. The topological polar surface area (TPSA) is 78.5 Å². The highest BCUT2D eigenvalue weighted by Gasteiger charge is 2.34. The van der Waals surface area contributed by atoms with Gasteiger partial charge in [-0.3, -0.25) is 14.4 Å². The lowest BCUT2D eigenvalue weighted by Crippen LogP contribution is -2.54. The van der Waals surface area contributed by atoms with Gasteiger partial charge in [0.1, 0.15) is 6.04 Å². The van der Waals surface area contributed by atoms with Crippen LogP contribution in [0.25, 0.3) is 0 Å². The van der Waals surface area contributed by atoms with Gasteiger partial charge in [0.05, 0.1) is 0 Å². The van der Waals surface area contributed by atoms with Crippen LogP contribution in [-0.4, -0.2) is 48.3 Å². The Morgan fingerprint density at radius 2 is 1.45 bits per heavy atom. The first kappa shape index (κ1) is 22.5. The summed E-state index contributed by atoms with van der Waals surface area (Å²) in [5.74, 6) is -0.119. The van der Waals surface area contributed by atoms with Gasteiger partial charge in [0, 0.05) is 30.8 Å². The molecule has 0 unspecified atom stereocenters. The lowest BCUT2D eigenvalue weighted by atomic mass is 9.88. The van der Waals surface area contributed by atoms with Crippen molar-refractivity contribution in [1.82, 2.24) is 15.5 Å². The highest BCUT2D eigenvalue weighted by Crippen LogP contribution is 2.23. The van der Waals surface area contributed by atoms with Crippen LogP contribution in [0.3, 0.4) is 0 Å². The number of rotatable bonds is 7. The van der Waals surface area contributed by atoms with Crippen molar-refractivity contribution in [3.05, 3.63) is 71.8 Å². The van der Waals surface area contributed by atoms with Crippen molar-refractivity contribution in [3.8, 4) is 0 Å². The quantitative estimate of drug-likeness (QED) is 0.721. The predicted molar refractivity (Wildman–Crippen MR) is 121 cm³/mol. The minimum Gasteiger partial charge on any atom is -0.354 e. The van der Waals surface area contributed by atoms with E-state index in [1.165, 1.54) is 0 Å². The van der Waals surface area contributed by atoms with Gasteiger partial charge in [0.2, 0.25) is 5.91 Å². The first-order valence-electron chi connectivity index (χ1n) is 10.9. The van der Waals surface area contributed by atoms with Crippen molar-refractivity contribution >= 4 is 17.7 Å². The monoisotopic (exact) mass is 421 g/mol. The maximum absolute atomic E-state index is 12.9. The van der Waals surface area contributed by atoms with E-state index >= 15 is 0 Å². The summed E-state index contributed by atoms with van der Waals surface area (Å²) in [5, 5.41) is 5.91. The molecular weight excluding hydrogens is 390 g/mol. The van der Waals surface area contributed by atoms with E-state index in [0.717, 1.165) is 0 Å². The summed E-state index contributed by atoms with van der Waals surface area (Å²) >= 11 is 0. The molecule has 31 heavy (non-hydrogen) atoms. The minimum atomic E-state index is -0.625. The van der Waals surface area contributed by atoms with E-state index in [2.05, 4.69) is 10.6 Å². The molecule has 0 bridgehead atoms. The van der Waals surface area contributed by atoms with Crippen LogP contribution in [0.5, 0.6) is 0 Å². The lowest BCUT2D eigenvalue weighted by molar-refractivity contribution is -0.124. The van der Waals surface area contributed by atoms with Gasteiger partial charge >= 0.3 is 0 Å². The fourth-order valence-electron chi connectivity index (χ4n) is 3.83. The Morgan fingerprint density at radius 3 is 2.00 bits per heavy atom. The summed E-state index contributed by atoms with van der Waals surface area (Å²) in [5.41, 5.74) is 1.20. The summed E-state index contributed by atoms with van der Waals surface area (Å²) in [7, 11) is 0. The average molecular weight is 422 g/mol. The van der Waals surface area contributed by atoms with Gasteiger partial charge in [-0.25, -0.2) is 0 Å². The molecule has 6 heteroatoms. The van der Waals surface area contributed by atoms with Gasteiger partial charge in [0.15, 0.2) is 0 Å². The van der Waals surface area contributed by atoms with Crippen molar-refractivity contribution < 1.29 is 14.4 Å². The highest BCUT2D eigenvalue weighted by molar-refractivity contribution is 5.97. The van der Waals surface area contributed by atoms with Crippen LogP contribution in [0.15, 0.2) is 60.7 Å². The Balaban J connectivity index is 1.67. The molecular formula is C25H31N3O3. The SMILES string of the molecule is CC(C)CNC(=O)[C@H](NC(=O)c1ccccc1)C1CCN(C(=O)c2ccccc2)CC1. The molecule has 0 saturated carbocycles. The van der Waals surface area contributed by atoms with Gasteiger partial charge in [0.25, 0.3) is 11.8 Å². The lowest BCUT2D eigenvalue weighted by Gasteiger charge is -2.36. The van der Waals surface area contributed by atoms with E-state index < -0.39 is 6.04 Å². The zero-order chi connectivity index (χ0) is 22.2. The molecule has 2 aromatic rings. The summed E-state index contributed by atoms with van der Waals surface area (Å²) in [6, 6.07) is 17.5. The third-order valence-corrected chi connectivity index (χ3v) is 5.61. The van der Waals surface area contributed by atoms with E-state index in [1.54, 1.807) is 24.3 Å². The van der Waals surface area contributed by atoms with Gasteiger partial charge in [-0.15, -0.1) is 0 Å². The predicted octanol–water partition coefficient (Wildman–Crippen LogP) is 3.11. The zero-order valence-corrected chi connectivity index (χ0v) is 18.2. The molecule has 1 heterocycles. The Bertz CT molecular complexity index is 875. The molecule has 2 N–H and O–H groups in total. The van der Waals surface area contributed by atoms with Crippen LogP contribution >= 0.6 is 0 Å². The number of carbonyl (C=O) groups excluding carboxylic acids is 3. The number of hydrogen-bond donors (Lipinski definition) is 2. The molecule has 0 aromatic heterocycles. The minimum absolute atomic E-state index is 0.00757. The van der Waals surface area contributed by atoms with E-state index in [1.807, 2.05) is 55.1 Å². The van der Waals surface area contributed by atoms with E-state index in [4.69, 9.17) is 0 Å². The Kier molecular flexibility index (Phi) is 7.82. The molecule has 3 amide bonds. The van der Waals surface area contributed by atoms with Crippen LogP contribution in [0.4, 0.5) is 0 Å². The normalized spacial score (nSPS) is 15.4. The molecule has 0 spiro atoms. The number of amides is 3. The molecule has 3 rings (SSSR count). The van der Waals surface area contributed by atoms with E-state index in [9.17, 15) is 14.4 Å². The summed E-state index contributed by atoms with van der Waals surface area (Å²) < 4.78 is 0. The number of nitrogens with one attached hydrogen (secondary N) is 2. The zero-order valence-electron chi connectivity index (χ0n) is 18.2. The maximum Gasteiger partial charge on any atom is 0.253 e. The second-order valence-electron chi connectivity index (χ2n) is 8.45. The fourth-order valence-corrected chi connectivity index (χ4v) is 3.83. The number of nitrogens with zero attached hydrogens (tertiary/aromatic N) is 1. The van der Waals surface area contributed by atoms with Crippen molar-refractivity contribution in [2.45, 2.75) is 32.7 Å². The Labute approximate surface area is 184 Å². The van der Waals surface area contributed by atoms with Crippen molar-refractivity contribution in [3.63, 3.8) is 0 Å². The molecule has 1 saturated heterocycles. The molecule has 0 aliphatic carbocycles. The Hall–Kier alpha value is -3.15. The molecule has 1 aliphatic rings. The average Bonchev–Trinajstić information content (AvgIpc) is 2.81. The summed E-state index contributed by atoms with van der Waals surface area (Å²) in [6.07, 6.45) is 1.32. The molecule has 1 atom stereocenters. The first-order chi connectivity index (χ1) is 15.0. The number of piperidine rings is 1. The van der Waals surface area contributed by atoms with E-state index in [-0.39, 0.29) is 23.6 Å². The Morgan fingerprint density at radius 1 is 0.903 bits per heavy atom. The second-order valence-corrected chi connectivity index (χ2v) is 8.45. The molecule has 164 valence electrons. The van der Waals surface area contributed by atoms with E-state index in [0.29, 0.717) is 49.5 Å². The van der Waals surface area contributed by atoms with Gasteiger partial charge < -0.3 is 15.5 Å². The third-order valence-electron chi connectivity index (χ3n) is 5.61. The van der Waals surface area contributed by atoms with Crippen LogP contribution in [0.2, 0.25) is 0 Å². The first-order valence-corrected chi connectivity index (χ1v) is 10.9. The third kappa shape index (κ3) is 6.17. The van der Waals surface area contributed by atoms with Crippen molar-refractivity contribution in [2.24, 2.45) is 11.8 Å². The summed E-state index contributed by atoms with van der Waals surface area (Å²) in [6.45, 7) is 5.75. The second kappa shape index (κ2) is 10.8. The number of likely N-dealkylation sites (tertiary alicyclic amines) is 1. The molecule has 2 aromatic carbocycles. The maximum atomic E-state index is 12.9. The van der Waals surface area contributed by atoms with Crippen molar-refractivity contribution in [1.29, 1.82) is 0 Å². The number of benzene rings is 2. The van der Waals surface area contributed by atoms with Crippen LogP contribution < -0.4 is 10.6 Å². The molecule has 6 nitrogen and oxygen atoms in total. The van der Waals surface area contributed by atoms with Crippen LogP contribution in [0.1, 0.15) is 47.4 Å². The smallest absolute Gasteiger partial charge is 0.253 e. The van der Waals surface area contributed by atoms with Gasteiger partial charge in [-0.1, -0.05) is 50.2 Å². The number of carbonyl (C=O) groups is 3. The largest absolute Gasteiger partial charge is 0.354 e. The standard InChI is InChI=1S/C25H31N3O3/c1-18(2)17-26-24(30)22(27-23(29)20-9-5-3-6-10-20)19-13-15-28(16-14-19)25(31)21-11-7-4-8-12-21/h3-12,18-19,22H,13-17H2,1-2H3,(H,26,30)(H,27,29)/t22-/m1/s1. The summed E-state index contributed by atoms with van der Waals surface area (Å²) in [4.78, 5) is 40.2. The van der Waals surface area contributed by atoms with Gasteiger partial charge in [-0.2, -0.15) is 0 Å². The van der Waals surface area contributed by atoms with Gasteiger partial charge in [-0.05, 0) is 48.9 Å². The van der Waals surface area contributed by atoms with Crippen molar-refractivity contribution in [2.75, 3.05) is 19.6 Å². The van der Waals surface area contributed by atoms with Crippen LogP contribution in [-0.2, 0) is 4.79 Å². The van der Waals surface area contributed by atoms with Crippen LogP contribution in [0, 0.1) is 11.8 Å².